The van der Waals surface area contributed by atoms with E-state index in [2.05, 4.69) is 26.1 Å². The number of hydrogen-bond donors (Lipinski definition) is 1. The molecule has 0 saturated carbocycles. The van der Waals surface area contributed by atoms with Crippen LogP contribution >= 0.6 is 0 Å². The Morgan fingerprint density at radius 2 is 2.00 bits per heavy atom. The van der Waals surface area contributed by atoms with E-state index in [9.17, 15) is 0 Å². The smallest absolute Gasteiger partial charge is 0.0621 e. The van der Waals surface area contributed by atoms with Gasteiger partial charge < -0.3 is 10.1 Å². The minimum Gasteiger partial charge on any atom is -0.380 e. The Bertz CT molecular complexity index is 83.6. The molecule has 0 aromatic carbocycles. The van der Waals surface area contributed by atoms with E-state index in [0.29, 0.717) is 12.0 Å². The van der Waals surface area contributed by atoms with Gasteiger partial charge in [-0.2, -0.15) is 0 Å². The van der Waals surface area contributed by atoms with Gasteiger partial charge in [0.15, 0.2) is 0 Å². The SMILES string of the molecule is CCCOCC(NC)C(C)C. The Morgan fingerprint density at radius 3 is 2.36 bits per heavy atom. The van der Waals surface area contributed by atoms with Crippen LogP contribution in [0.25, 0.3) is 0 Å². The fraction of sp³-hybridized carbons (Fsp3) is 1.00. The Hall–Kier alpha value is -0.0800. The van der Waals surface area contributed by atoms with Crippen LogP contribution in [0.5, 0.6) is 0 Å². The van der Waals surface area contributed by atoms with Crippen molar-refractivity contribution in [3.63, 3.8) is 0 Å². The zero-order valence-corrected chi connectivity index (χ0v) is 8.18. The van der Waals surface area contributed by atoms with E-state index < -0.39 is 0 Å². The zero-order valence-electron chi connectivity index (χ0n) is 8.18. The Morgan fingerprint density at radius 1 is 1.36 bits per heavy atom. The van der Waals surface area contributed by atoms with Crippen LogP contribution < -0.4 is 5.32 Å². The third-order valence-corrected chi connectivity index (χ3v) is 1.82. The minimum atomic E-state index is 0.501. The van der Waals surface area contributed by atoms with Crippen LogP contribution in [0.1, 0.15) is 27.2 Å². The Balaban J connectivity index is 3.36. The van der Waals surface area contributed by atoms with Gasteiger partial charge in [-0.15, -0.1) is 0 Å². The number of hydrogen-bond acceptors (Lipinski definition) is 2. The number of nitrogens with one attached hydrogen (secondary N) is 1. The summed E-state index contributed by atoms with van der Waals surface area (Å²) in [5.74, 6) is 0.650. The number of likely N-dealkylation sites (N-methyl/N-ethyl adjacent to an activating group) is 1. The summed E-state index contributed by atoms with van der Waals surface area (Å²) < 4.78 is 5.43. The van der Waals surface area contributed by atoms with E-state index in [-0.39, 0.29) is 0 Å². The van der Waals surface area contributed by atoms with Gasteiger partial charge in [-0.1, -0.05) is 20.8 Å². The summed E-state index contributed by atoms with van der Waals surface area (Å²) in [6.07, 6.45) is 1.11. The predicted octanol–water partition coefficient (Wildman–Crippen LogP) is 1.66. The monoisotopic (exact) mass is 159 g/mol. The quantitative estimate of drug-likeness (QED) is 0.595. The first-order valence-electron chi connectivity index (χ1n) is 4.47. The molecule has 0 aromatic heterocycles. The molecule has 0 heterocycles. The van der Waals surface area contributed by atoms with E-state index in [1.165, 1.54) is 0 Å². The van der Waals surface area contributed by atoms with Crippen LogP contribution in [0, 0.1) is 5.92 Å². The summed E-state index contributed by atoms with van der Waals surface area (Å²) in [6, 6.07) is 0.501. The highest BCUT2D eigenvalue weighted by molar-refractivity contribution is 4.66. The van der Waals surface area contributed by atoms with Gasteiger partial charge in [0, 0.05) is 12.6 Å². The summed E-state index contributed by atoms with van der Waals surface area (Å²) >= 11 is 0. The molecular weight excluding hydrogens is 138 g/mol. The first kappa shape index (κ1) is 10.9. The van der Waals surface area contributed by atoms with Crippen LogP contribution in [-0.4, -0.2) is 26.3 Å². The lowest BCUT2D eigenvalue weighted by atomic mass is 10.1. The highest BCUT2D eigenvalue weighted by Crippen LogP contribution is 2.01. The average molecular weight is 159 g/mol. The lowest BCUT2D eigenvalue weighted by molar-refractivity contribution is 0.101. The zero-order chi connectivity index (χ0) is 8.69. The molecule has 0 aliphatic heterocycles. The molecule has 0 fully saturated rings. The maximum Gasteiger partial charge on any atom is 0.0621 e. The molecule has 2 heteroatoms. The van der Waals surface area contributed by atoms with Crippen LogP contribution in [0.15, 0.2) is 0 Å². The van der Waals surface area contributed by atoms with Crippen molar-refractivity contribution in [1.29, 1.82) is 0 Å². The van der Waals surface area contributed by atoms with Gasteiger partial charge in [-0.25, -0.2) is 0 Å². The molecule has 0 rings (SSSR count). The topological polar surface area (TPSA) is 21.3 Å². The summed E-state index contributed by atoms with van der Waals surface area (Å²) in [6.45, 7) is 8.25. The Kier molecular flexibility index (Phi) is 6.57. The molecule has 68 valence electrons. The first-order chi connectivity index (χ1) is 5.22. The lowest BCUT2D eigenvalue weighted by Crippen LogP contribution is -2.35. The molecule has 0 aromatic rings. The fourth-order valence-electron chi connectivity index (χ4n) is 0.964. The van der Waals surface area contributed by atoms with Gasteiger partial charge in [-0.3, -0.25) is 0 Å². The minimum absolute atomic E-state index is 0.501. The van der Waals surface area contributed by atoms with Crippen LogP contribution in [0.4, 0.5) is 0 Å². The first-order valence-corrected chi connectivity index (χ1v) is 4.47. The molecule has 1 unspecified atom stereocenters. The van der Waals surface area contributed by atoms with Crippen molar-refractivity contribution in [2.45, 2.75) is 33.2 Å². The highest BCUT2D eigenvalue weighted by Gasteiger charge is 2.09. The van der Waals surface area contributed by atoms with E-state index >= 15 is 0 Å². The van der Waals surface area contributed by atoms with Gasteiger partial charge >= 0.3 is 0 Å². The normalized spacial score (nSPS) is 13.9. The molecule has 0 saturated heterocycles. The average Bonchev–Trinajstić information content (AvgIpc) is 1.97. The van der Waals surface area contributed by atoms with Crippen LogP contribution in [-0.2, 0) is 4.74 Å². The van der Waals surface area contributed by atoms with Crippen LogP contribution in [0.2, 0.25) is 0 Å². The largest absolute Gasteiger partial charge is 0.380 e. The maximum absolute atomic E-state index is 5.43. The van der Waals surface area contributed by atoms with E-state index in [1.807, 2.05) is 7.05 Å². The lowest BCUT2D eigenvalue weighted by Gasteiger charge is -2.19. The van der Waals surface area contributed by atoms with Crippen LogP contribution in [0.3, 0.4) is 0 Å². The van der Waals surface area contributed by atoms with Crippen molar-refractivity contribution >= 4 is 0 Å². The Labute approximate surface area is 70.3 Å². The van der Waals surface area contributed by atoms with Gasteiger partial charge in [0.05, 0.1) is 6.61 Å². The van der Waals surface area contributed by atoms with Gasteiger partial charge in [-0.05, 0) is 19.4 Å². The molecule has 2 nitrogen and oxygen atoms in total. The molecule has 1 N–H and O–H groups in total. The summed E-state index contributed by atoms with van der Waals surface area (Å²) in [5, 5.41) is 3.24. The predicted molar refractivity (Wildman–Crippen MR) is 48.8 cm³/mol. The molecule has 0 bridgehead atoms. The maximum atomic E-state index is 5.43. The third-order valence-electron chi connectivity index (χ3n) is 1.82. The van der Waals surface area contributed by atoms with E-state index in [0.717, 1.165) is 19.6 Å². The van der Waals surface area contributed by atoms with Crippen molar-refractivity contribution in [1.82, 2.24) is 5.32 Å². The second kappa shape index (κ2) is 6.62. The fourth-order valence-corrected chi connectivity index (χ4v) is 0.964. The standard InChI is InChI=1S/C9H21NO/c1-5-6-11-7-9(10-4)8(2)3/h8-10H,5-7H2,1-4H3. The molecular formula is C9H21NO. The van der Waals surface area contributed by atoms with Gasteiger partial charge in [0.1, 0.15) is 0 Å². The van der Waals surface area contributed by atoms with Gasteiger partial charge in [0.2, 0.25) is 0 Å². The molecule has 0 spiro atoms. The van der Waals surface area contributed by atoms with E-state index in [4.69, 9.17) is 4.74 Å². The van der Waals surface area contributed by atoms with Crippen molar-refractivity contribution in [3.8, 4) is 0 Å². The summed E-state index contributed by atoms with van der Waals surface area (Å²) in [7, 11) is 1.99. The van der Waals surface area contributed by atoms with Crippen molar-refractivity contribution < 1.29 is 4.74 Å². The molecule has 0 radical (unpaired) electrons. The van der Waals surface area contributed by atoms with Crippen molar-refractivity contribution in [2.24, 2.45) is 5.92 Å². The molecule has 11 heavy (non-hydrogen) atoms. The number of rotatable bonds is 6. The van der Waals surface area contributed by atoms with Gasteiger partial charge in [0.25, 0.3) is 0 Å². The van der Waals surface area contributed by atoms with E-state index in [1.54, 1.807) is 0 Å². The molecule has 0 aliphatic rings. The number of ether oxygens (including phenoxy) is 1. The second-order valence-corrected chi connectivity index (χ2v) is 3.21. The molecule has 1 atom stereocenters. The summed E-state index contributed by atoms with van der Waals surface area (Å²) in [5.41, 5.74) is 0. The van der Waals surface area contributed by atoms with Crippen molar-refractivity contribution in [2.75, 3.05) is 20.3 Å². The van der Waals surface area contributed by atoms with Crippen molar-refractivity contribution in [3.05, 3.63) is 0 Å². The molecule has 0 amide bonds. The second-order valence-electron chi connectivity index (χ2n) is 3.21. The summed E-state index contributed by atoms with van der Waals surface area (Å²) in [4.78, 5) is 0. The highest BCUT2D eigenvalue weighted by atomic mass is 16.5. The third kappa shape index (κ3) is 5.22. The molecule has 0 aliphatic carbocycles.